The van der Waals surface area contributed by atoms with Gasteiger partial charge in [-0.1, -0.05) is 6.07 Å². The highest BCUT2D eigenvalue weighted by Crippen LogP contribution is 2.41. The molecule has 1 aromatic heterocycles. The molecule has 2 aromatic rings. The summed E-state index contributed by atoms with van der Waals surface area (Å²) in [5, 5.41) is 0. The van der Waals surface area contributed by atoms with Gasteiger partial charge in [0, 0.05) is 38.4 Å². The summed E-state index contributed by atoms with van der Waals surface area (Å²) in [5.74, 6) is 2.93. The number of rotatable bonds is 5. The second kappa shape index (κ2) is 6.45. The largest absolute Gasteiger partial charge is 0.492 e. The SMILES string of the molecule is c1cncc(OC[C@H]2CCOC23CN(Cc2ccc4c(c2)OCO4)C3)c1. The highest BCUT2D eigenvalue weighted by Gasteiger charge is 2.53. The summed E-state index contributed by atoms with van der Waals surface area (Å²) >= 11 is 0. The number of aromatic nitrogens is 1. The molecule has 136 valence electrons. The second-order valence-electron chi connectivity index (χ2n) is 7.23. The summed E-state index contributed by atoms with van der Waals surface area (Å²) in [6, 6.07) is 10.0. The second-order valence-corrected chi connectivity index (χ2v) is 7.23. The molecular weight excluding hydrogens is 332 g/mol. The van der Waals surface area contributed by atoms with Gasteiger partial charge in [0.15, 0.2) is 11.5 Å². The number of benzene rings is 1. The lowest BCUT2D eigenvalue weighted by atomic mass is 9.81. The molecular formula is C20H22N2O4. The standard InChI is InChI=1S/C20H22N2O4/c1-2-17(9-21-6-1)23-11-16-5-7-26-20(16)12-22(13-20)10-15-3-4-18-19(8-15)25-14-24-18/h1-4,6,8-9,16H,5,7,10-14H2/t16-/m1/s1. The average molecular weight is 354 g/mol. The van der Waals surface area contributed by atoms with Crippen molar-refractivity contribution in [3.05, 3.63) is 48.3 Å². The molecule has 5 rings (SSSR count). The van der Waals surface area contributed by atoms with Crippen LogP contribution in [0.4, 0.5) is 0 Å². The van der Waals surface area contributed by atoms with Gasteiger partial charge in [-0.2, -0.15) is 0 Å². The van der Waals surface area contributed by atoms with Gasteiger partial charge >= 0.3 is 0 Å². The van der Waals surface area contributed by atoms with E-state index in [1.807, 2.05) is 18.2 Å². The van der Waals surface area contributed by atoms with Gasteiger partial charge in [0.2, 0.25) is 6.79 Å². The third-order valence-corrected chi connectivity index (χ3v) is 5.51. The first kappa shape index (κ1) is 15.9. The molecule has 0 saturated carbocycles. The summed E-state index contributed by atoms with van der Waals surface area (Å²) in [5.41, 5.74) is 1.18. The topological polar surface area (TPSA) is 53.1 Å². The van der Waals surface area contributed by atoms with Gasteiger partial charge in [0.05, 0.1) is 18.4 Å². The van der Waals surface area contributed by atoms with Crippen LogP contribution >= 0.6 is 0 Å². The third kappa shape index (κ3) is 2.89. The van der Waals surface area contributed by atoms with Crippen molar-refractivity contribution in [3.8, 4) is 17.2 Å². The number of pyridine rings is 1. The maximum Gasteiger partial charge on any atom is 0.231 e. The fourth-order valence-corrected chi connectivity index (χ4v) is 4.12. The molecule has 4 heterocycles. The van der Waals surface area contributed by atoms with Gasteiger partial charge in [0.25, 0.3) is 0 Å². The maximum absolute atomic E-state index is 6.14. The van der Waals surface area contributed by atoms with Gasteiger partial charge in [-0.25, -0.2) is 0 Å². The molecule has 0 N–H and O–H groups in total. The highest BCUT2D eigenvalue weighted by atomic mass is 16.7. The Kier molecular flexibility index (Phi) is 3.94. The first-order chi connectivity index (χ1) is 12.8. The van der Waals surface area contributed by atoms with Gasteiger partial charge in [-0.05, 0) is 36.2 Å². The van der Waals surface area contributed by atoms with Gasteiger partial charge in [-0.3, -0.25) is 9.88 Å². The third-order valence-electron chi connectivity index (χ3n) is 5.51. The summed E-state index contributed by atoms with van der Waals surface area (Å²) in [4.78, 5) is 6.52. The van der Waals surface area contributed by atoms with E-state index in [1.54, 1.807) is 12.4 Å². The van der Waals surface area contributed by atoms with E-state index >= 15 is 0 Å². The van der Waals surface area contributed by atoms with Crippen LogP contribution in [0.2, 0.25) is 0 Å². The van der Waals surface area contributed by atoms with Crippen molar-refractivity contribution in [1.82, 2.24) is 9.88 Å². The van der Waals surface area contributed by atoms with Crippen LogP contribution in [0, 0.1) is 5.92 Å². The van der Waals surface area contributed by atoms with Crippen molar-refractivity contribution >= 4 is 0 Å². The lowest BCUT2D eigenvalue weighted by Crippen LogP contribution is -2.64. The van der Waals surface area contributed by atoms with Crippen molar-refractivity contribution in [2.75, 3.05) is 33.1 Å². The van der Waals surface area contributed by atoms with E-state index in [4.69, 9.17) is 18.9 Å². The molecule has 0 amide bonds. The molecule has 26 heavy (non-hydrogen) atoms. The Morgan fingerprint density at radius 1 is 1.19 bits per heavy atom. The van der Waals surface area contributed by atoms with Gasteiger partial charge in [0.1, 0.15) is 5.75 Å². The Bertz CT molecular complexity index is 777. The fourth-order valence-electron chi connectivity index (χ4n) is 4.12. The molecule has 0 bridgehead atoms. The molecule has 6 heteroatoms. The highest BCUT2D eigenvalue weighted by molar-refractivity contribution is 5.44. The van der Waals surface area contributed by atoms with Crippen LogP contribution in [0.3, 0.4) is 0 Å². The molecule has 1 aromatic carbocycles. The average Bonchev–Trinajstić information content (AvgIpc) is 3.27. The van der Waals surface area contributed by atoms with Crippen molar-refractivity contribution in [1.29, 1.82) is 0 Å². The quantitative estimate of drug-likeness (QED) is 0.822. The molecule has 0 radical (unpaired) electrons. The van der Waals surface area contributed by atoms with Crippen LogP contribution in [-0.4, -0.2) is 48.6 Å². The van der Waals surface area contributed by atoms with Gasteiger partial charge < -0.3 is 18.9 Å². The number of ether oxygens (including phenoxy) is 4. The molecule has 2 saturated heterocycles. The van der Waals surface area contributed by atoms with Crippen LogP contribution in [0.1, 0.15) is 12.0 Å². The van der Waals surface area contributed by atoms with Crippen LogP contribution < -0.4 is 14.2 Å². The van der Waals surface area contributed by atoms with Gasteiger partial charge in [-0.15, -0.1) is 0 Å². The van der Waals surface area contributed by atoms with Crippen LogP contribution in [0.25, 0.3) is 0 Å². The van der Waals surface area contributed by atoms with E-state index in [0.29, 0.717) is 19.3 Å². The first-order valence-electron chi connectivity index (χ1n) is 9.08. The minimum atomic E-state index is -0.0570. The summed E-state index contributed by atoms with van der Waals surface area (Å²) in [6.07, 6.45) is 4.57. The van der Waals surface area contributed by atoms with Crippen molar-refractivity contribution in [2.24, 2.45) is 5.92 Å². The normalized spacial score (nSPS) is 23.2. The predicted molar refractivity (Wildman–Crippen MR) is 94.4 cm³/mol. The summed E-state index contributed by atoms with van der Waals surface area (Å²) < 4.78 is 22.9. The zero-order valence-electron chi connectivity index (χ0n) is 14.6. The minimum Gasteiger partial charge on any atom is -0.492 e. The summed E-state index contributed by atoms with van der Waals surface area (Å²) in [7, 11) is 0. The number of hydrogen-bond donors (Lipinski definition) is 0. The van der Waals surface area contributed by atoms with E-state index < -0.39 is 0 Å². The van der Waals surface area contributed by atoms with Crippen molar-refractivity contribution in [3.63, 3.8) is 0 Å². The lowest BCUT2D eigenvalue weighted by Gasteiger charge is -2.50. The van der Waals surface area contributed by atoms with E-state index in [2.05, 4.69) is 22.0 Å². The van der Waals surface area contributed by atoms with Crippen LogP contribution in [0.5, 0.6) is 17.2 Å². The minimum absolute atomic E-state index is 0.0570. The van der Waals surface area contributed by atoms with Crippen LogP contribution in [-0.2, 0) is 11.3 Å². The molecule has 0 aliphatic carbocycles. The Morgan fingerprint density at radius 3 is 3.00 bits per heavy atom. The molecule has 0 unspecified atom stereocenters. The maximum atomic E-state index is 6.14. The molecule has 6 nitrogen and oxygen atoms in total. The van der Waals surface area contributed by atoms with E-state index in [-0.39, 0.29) is 5.60 Å². The molecule has 1 spiro atoms. The lowest BCUT2D eigenvalue weighted by molar-refractivity contribution is -0.140. The molecule has 3 aliphatic heterocycles. The van der Waals surface area contributed by atoms with Crippen molar-refractivity contribution < 1.29 is 18.9 Å². The summed E-state index contributed by atoms with van der Waals surface area (Å²) in [6.45, 7) is 4.61. The predicted octanol–water partition coefficient (Wildman–Crippen LogP) is 2.48. The molecule has 3 aliphatic rings. The zero-order valence-corrected chi connectivity index (χ0v) is 14.6. The number of likely N-dealkylation sites (tertiary alicyclic amines) is 1. The first-order valence-corrected chi connectivity index (χ1v) is 9.08. The zero-order chi connectivity index (χ0) is 17.4. The Labute approximate surface area is 152 Å². The van der Waals surface area contributed by atoms with E-state index in [9.17, 15) is 0 Å². The molecule has 1 atom stereocenters. The Balaban J connectivity index is 1.18. The van der Waals surface area contributed by atoms with E-state index in [1.165, 1.54) is 5.56 Å². The monoisotopic (exact) mass is 354 g/mol. The number of hydrogen-bond acceptors (Lipinski definition) is 6. The van der Waals surface area contributed by atoms with Crippen molar-refractivity contribution in [2.45, 2.75) is 18.6 Å². The smallest absolute Gasteiger partial charge is 0.231 e. The number of fused-ring (bicyclic) bond motifs is 1. The number of nitrogens with zero attached hydrogens (tertiary/aromatic N) is 2. The Morgan fingerprint density at radius 2 is 2.12 bits per heavy atom. The fraction of sp³-hybridized carbons (Fsp3) is 0.450. The van der Waals surface area contributed by atoms with E-state index in [0.717, 1.165) is 49.9 Å². The molecule has 2 fully saturated rings. The van der Waals surface area contributed by atoms with Crippen LogP contribution in [0.15, 0.2) is 42.7 Å². The Hall–Kier alpha value is -2.31.